The van der Waals surface area contributed by atoms with Gasteiger partial charge in [-0.25, -0.2) is 0 Å². The molecule has 0 amide bonds. The van der Waals surface area contributed by atoms with Crippen molar-refractivity contribution in [3.8, 4) is 0 Å². The molecular formula is C14H18ClNO. The van der Waals surface area contributed by atoms with Crippen molar-refractivity contribution in [1.82, 2.24) is 5.32 Å². The van der Waals surface area contributed by atoms with Gasteiger partial charge < -0.3 is 9.73 Å². The first-order valence-electron chi connectivity index (χ1n) is 6.03. The summed E-state index contributed by atoms with van der Waals surface area (Å²) in [4.78, 5) is 0. The zero-order chi connectivity index (χ0) is 12.4. The number of hydrogen-bond acceptors (Lipinski definition) is 2. The Labute approximate surface area is 107 Å². The van der Waals surface area contributed by atoms with Crippen LogP contribution in [0.25, 0.3) is 11.0 Å². The first-order valence-corrected chi connectivity index (χ1v) is 6.41. The summed E-state index contributed by atoms with van der Waals surface area (Å²) in [5, 5.41) is 5.08. The fourth-order valence-electron chi connectivity index (χ4n) is 2.13. The number of rotatable bonds is 4. The maximum Gasteiger partial charge on any atom is 0.153 e. The van der Waals surface area contributed by atoms with Crippen LogP contribution in [0.3, 0.4) is 0 Å². The Morgan fingerprint density at radius 3 is 2.76 bits per heavy atom. The van der Waals surface area contributed by atoms with Crippen molar-refractivity contribution in [2.45, 2.75) is 32.7 Å². The Hall–Kier alpha value is -0.990. The molecular weight excluding hydrogens is 234 g/mol. The molecule has 0 aliphatic rings. The van der Waals surface area contributed by atoms with Crippen LogP contribution in [-0.2, 0) is 0 Å². The van der Waals surface area contributed by atoms with Crippen molar-refractivity contribution in [3.05, 3.63) is 34.5 Å². The second-order valence-electron chi connectivity index (χ2n) is 4.39. The molecule has 0 aliphatic carbocycles. The smallest absolute Gasteiger partial charge is 0.153 e. The number of furan rings is 1. The molecule has 1 aromatic carbocycles. The molecule has 2 nitrogen and oxygen atoms in total. The lowest BCUT2D eigenvalue weighted by Gasteiger charge is -2.11. The molecule has 0 bridgehead atoms. The van der Waals surface area contributed by atoms with Gasteiger partial charge in [0.25, 0.3) is 0 Å². The minimum Gasteiger partial charge on any atom is -0.458 e. The lowest BCUT2D eigenvalue weighted by Crippen LogP contribution is -2.15. The van der Waals surface area contributed by atoms with Crippen molar-refractivity contribution >= 4 is 22.6 Å². The van der Waals surface area contributed by atoms with Crippen molar-refractivity contribution in [2.24, 2.45) is 0 Å². The van der Waals surface area contributed by atoms with Gasteiger partial charge in [-0.3, -0.25) is 0 Å². The lowest BCUT2D eigenvalue weighted by atomic mass is 10.1. The van der Waals surface area contributed by atoms with Crippen molar-refractivity contribution < 1.29 is 4.42 Å². The van der Waals surface area contributed by atoms with E-state index in [2.05, 4.69) is 25.2 Å². The summed E-state index contributed by atoms with van der Waals surface area (Å²) in [7, 11) is 1.96. The molecule has 0 fully saturated rings. The van der Waals surface area contributed by atoms with E-state index >= 15 is 0 Å². The van der Waals surface area contributed by atoms with E-state index in [4.69, 9.17) is 16.0 Å². The monoisotopic (exact) mass is 251 g/mol. The Balaban J connectivity index is 2.50. The van der Waals surface area contributed by atoms with Crippen LogP contribution in [0.15, 0.2) is 22.6 Å². The van der Waals surface area contributed by atoms with E-state index in [0.717, 1.165) is 29.6 Å². The van der Waals surface area contributed by atoms with Crippen LogP contribution in [0.5, 0.6) is 0 Å². The van der Waals surface area contributed by atoms with Gasteiger partial charge in [0.15, 0.2) is 5.58 Å². The summed E-state index contributed by atoms with van der Waals surface area (Å²) in [5.74, 6) is 0.973. The Bertz CT molecular complexity index is 479. The highest BCUT2D eigenvalue weighted by molar-refractivity contribution is 6.34. The standard InChI is InChI=1S/C14H18ClNO/c1-4-5-12(16-3)13-8-10-9(2)6-7-11(15)14(10)17-13/h6-8,12,16H,4-5H2,1-3H3. The summed E-state index contributed by atoms with van der Waals surface area (Å²) in [6.07, 6.45) is 2.18. The Morgan fingerprint density at radius 1 is 1.41 bits per heavy atom. The zero-order valence-electron chi connectivity index (χ0n) is 10.5. The molecule has 0 saturated carbocycles. The van der Waals surface area contributed by atoms with E-state index in [-0.39, 0.29) is 6.04 Å². The van der Waals surface area contributed by atoms with Gasteiger partial charge in [-0.2, -0.15) is 0 Å². The van der Waals surface area contributed by atoms with Crippen molar-refractivity contribution in [3.63, 3.8) is 0 Å². The van der Waals surface area contributed by atoms with Crippen molar-refractivity contribution in [2.75, 3.05) is 7.05 Å². The second-order valence-corrected chi connectivity index (χ2v) is 4.79. The molecule has 1 heterocycles. The molecule has 0 spiro atoms. The van der Waals surface area contributed by atoms with E-state index in [9.17, 15) is 0 Å². The molecule has 2 rings (SSSR count). The van der Waals surface area contributed by atoms with Crippen LogP contribution in [0.4, 0.5) is 0 Å². The van der Waals surface area contributed by atoms with Gasteiger partial charge in [0.05, 0.1) is 11.1 Å². The largest absolute Gasteiger partial charge is 0.458 e. The molecule has 1 unspecified atom stereocenters. The highest BCUT2D eigenvalue weighted by atomic mass is 35.5. The number of benzene rings is 1. The maximum absolute atomic E-state index is 6.15. The SMILES string of the molecule is CCCC(NC)c1cc2c(C)ccc(Cl)c2o1. The molecule has 0 saturated heterocycles. The van der Waals surface area contributed by atoms with Crippen LogP contribution in [0.2, 0.25) is 5.02 Å². The average molecular weight is 252 g/mol. The van der Waals surface area contributed by atoms with Crippen LogP contribution in [0.1, 0.15) is 37.1 Å². The van der Waals surface area contributed by atoms with Gasteiger partial charge in [0, 0.05) is 5.39 Å². The topological polar surface area (TPSA) is 25.2 Å². The molecule has 1 atom stereocenters. The molecule has 1 aromatic heterocycles. The Kier molecular flexibility index (Phi) is 3.75. The van der Waals surface area contributed by atoms with Gasteiger partial charge in [0.2, 0.25) is 0 Å². The van der Waals surface area contributed by atoms with E-state index < -0.39 is 0 Å². The summed E-state index contributed by atoms with van der Waals surface area (Å²) < 4.78 is 5.89. The highest BCUT2D eigenvalue weighted by Gasteiger charge is 2.15. The Morgan fingerprint density at radius 2 is 2.18 bits per heavy atom. The van der Waals surface area contributed by atoms with Crippen molar-refractivity contribution in [1.29, 1.82) is 0 Å². The number of hydrogen-bond donors (Lipinski definition) is 1. The first-order chi connectivity index (χ1) is 8.17. The predicted molar refractivity (Wildman–Crippen MR) is 72.7 cm³/mol. The number of aryl methyl sites for hydroxylation is 1. The molecule has 17 heavy (non-hydrogen) atoms. The van der Waals surface area contributed by atoms with Crippen LogP contribution in [-0.4, -0.2) is 7.05 Å². The van der Waals surface area contributed by atoms with Gasteiger partial charge >= 0.3 is 0 Å². The summed E-state index contributed by atoms with van der Waals surface area (Å²) in [6.45, 7) is 4.25. The number of fused-ring (bicyclic) bond motifs is 1. The van der Waals surface area contributed by atoms with E-state index in [1.807, 2.05) is 19.2 Å². The second kappa shape index (κ2) is 5.11. The van der Waals surface area contributed by atoms with E-state index in [1.165, 1.54) is 5.56 Å². The van der Waals surface area contributed by atoms with Gasteiger partial charge in [-0.05, 0) is 38.1 Å². The lowest BCUT2D eigenvalue weighted by molar-refractivity contribution is 0.430. The van der Waals surface area contributed by atoms with Gasteiger partial charge in [-0.15, -0.1) is 0 Å². The maximum atomic E-state index is 6.15. The molecule has 0 aliphatic heterocycles. The summed E-state index contributed by atoms with van der Waals surface area (Å²) in [5.41, 5.74) is 2.00. The van der Waals surface area contributed by atoms with Crippen LogP contribution in [0, 0.1) is 6.92 Å². The third-order valence-corrected chi connectivity index (χ3v) is 3.44. The molecule has 2 aromatic rings. The minimum absolute atomic E-state index is 0.267. The molecule has 92 valence electrons. The van der Waals surface area contributed by atoms with Crippen LogP contribution >= 0.6 is 11.6 Å². The summed E-state index contributed by atoms with van der Waals surface area (Å²) in [6, 6.07) is 6.29. The third-order valence-electron chi connectivity index (χ3n) is 3.14. The molecule has 3 heteroatoms. The fraction of sp³-hybridized carbons (Fsp3) is 0.429. The number of halogens is 1. The molecule has 0 radical (unpaired) electrons. The molecule has 1 N–H and O–H groups in total. The fourth-order valence-corrected chi connectivity index (χ4v) is 2.34. The van der Waals surface area contributed by atoms with Crippen LogP contribution < -0.4 is 5.32 Å². The summed E-state index contributed by atoms with van der Waals surface area (Å²) >= 11 is 6.15. The van der Waals surface area contributed by atoms with Gasteiger partial charge in [-0.1, -0.05) is 31.0 Å². The average Bonchev–Trinajstić information content (AvgIpc) is 2.77. The third kappa shape index (κ3) is 2.33. The van der Waals surface area contributed by atoms with E-state index in [0.29, 0.717) is 5.02 Å². The highest BCUT2D eigenvalue weighted by Crippen LogP contribution is 2.32. The predicted octanol–water partition coefficient (Wildman–Crippen LogP) is 4.46. The quantitative estimate of drug-likeness (QED) is 0.868. The normalized spacial score (nSPS) is 13.2. The number of nitrogens with one attached hydrogen (secondary N) is 1. The first kappa shape index (κ1) is 12.5. The zero-order valence-corrected chi connectivity index (χ0v) is 11.3. The van der Waals surface area contributed by atoms with E-state index in [1.54, 1.807) is 0 Å². The van der Waals surface area contributed by atoms with Gasteiger partial charge in [0.1, 0.15) is 5.76 Å². The minimum atomic E-state index is 0.267.